The number of aryl methyl sites for hydroxylation is 1. The Morgan fingerprint density at radius 1 is 1.05 bits per heavy atom. The predicted molar refractivity (Wildman–Crippen MR) is 78.7 cm³/mol. The summed E-state index contributed by atoms with van der Waals surface area (Å²) in [6, 6.07) is 12.7. The third kappa shape index (κ3) is 2.32. The lowest BCUT2D eigenvalue weighted by Gasteiger charge is -2.05. The van der Waals surface area contributed by atoms with Crippen molar-refractivity contribution < 1.29 is 4.39 Å². The molecule has 0 aliphatic rings. The Hall–Kier alpha value is -2.13. The normalized spacial score (nSPS) is 10.8. The van der Waals surface area contributed by atoms with E-state index in [1.165, 1.54) is 16.3 Å². The number of aromatic nitrogens is 2. The maximum absolute atomic E-state index is 13.9. The number of nitrogens with zero attached hydrogens (tertiary/aromatic N) is 2. The third-order valence-electron chi connectivity index (χ3n) is 3.13. The molecule has 4 heteroatoms. The first-order chi connectivity index (χ1) is 9.65. The fraction of sp³-hybridized carbons (Fsp3) is 0.0625. The number of halogens is 2. The summed E-state index contributed by atoms with van der Waals surface area (Å²) >= 11 is 6.04. The summed E-state index contributed by atoms with van der Waals surface area (Å²) < 4.78 is 15.3. The number of para-hydroxylation sites is 1. The third-order valence-corrected chi connectivity index (χ3v) is 3.44. The standard InChI is InChI=1S/C16H12ClFN2/c1-11-5-7-12(8-6-11)13-9-19-20(10-13)16-14(17)3-2-4-15(16)18/h2-10H,1H3. The van der Waals surface area contributed by atoms with E-state index in [1.807, 2.05) is 31.2 Å². The summed E-state index contributed by atoms with van der Waals surface area (Å²) in [5.41, 5.74) is 3.42. The van der Waals surface area contributed by atoms with Gasteiger partial charge in [-0.2, -0.15) is 5.10 Å². The first-order valence-electron chi connectivity index (χ1n) is 6.21. The zero-order chi connectivity index (χ0) is 14.1. The molecule has 0 spiro atoms. The molecule has 0 aliphatic heterocycles. The molecule has 0 atom stereocenters. The summed E-state index contributed by atoms with van der Waals surface area (Å²) in [6.07, 6.45) is 3.47. The maximum Gasteiger partial charge on any atom is 0.150 e. The summed E-state index contributed by atoms with van der Waals surface area (Å²) in [5, 5.41) is 4.54. The Kier molecular flexibility index (Phi) is 3.28. The van der Waals surface area contributed by atoms with Crippen LogP contribution in [-0.2, 0) is 0 Å². The van der Waals surface area contributed by atoms with E-state index in [4.69, 9.17) is 11.6 Å². The van der Waals surface area contributed by atoms with Gasteiger partial charge in [0.1, 0.15) is 11.5 Å². The Labute approximate surface area is 121 Å². The van der Waals surface area contributed by atoms with Crippen molar-refractivity contribution in [1.29, 1.82) is 0 Å². The molecule has 1 heterocycles. The monoisotopic (exact) mass is 286 g/mol. The lowest BCUT2D eigenvalue weighted by atomic mass is 10.1. The average Bonchev–Trinajstić information content (AvgIpc) is 2.89. The van der Waals surface area contributed by atoms with Gasteiger partial charge in [-0.05, 0) is 24.6 Å². The van der Waals surface area contributed by atoms with Crippen molar-refractivity contribution in [2.45, 2.75) is 6.92 Å². The number of benzene rings is 2. The van der Waals surface area contributed by atoms with Crippen LogP contribution in [0.4, 0.5) is 4.39 Å². The highest BCUT2D eigenvalue weighted by Crippen LogP contribution is 2.26. The molecule has 20 heavy (non-hydrogen) atoms. The van der Waals surface area contributed by atoms with Gasteiger partial charge < -0.3 is 0 Å². The van der Waals surface area contributed by atoms with Crippen LogP contribution in [0.5, 0.6) is 0 Å². The summed E-state index contributed by atoms with van der Waals surface area (Å²) in [5.74, 6) is -0.393. The van der Waals surface area contributed by atoms with Gasteiger partial charge in [0.25, 0.3) is 0 Å². The minimum Gasteiger partial charge on any atom is -0.236 e. The molecule has 0 fully saturated rings. The number of rotatable bonds is 2. The largest absolute Gasteiger partial charge is 0.236 e. The summed E-state index contributed by atoms with van der Waals surface area (Å²) in [7, 11) is 0. The molecule has 1 aromatic heterocycles. The van der Waals surface area contributed by atoms with E-state index in [2.05, 4.69) is 5.10 Å². The zero-order valence-electron chi connectivity index (χ0n) is 10.8. The van der Waals surface area contributed by atoms with Crippen LogP contribution in [0.15, 0.2) is 54.9 Å². The first kappa shape index (κ1) is 12.9. The highest BCUT2D eigenvalue weighted by molar-refractivity contribution is 6.32. The van der Waals surface area contributed by atoms with Crippen LogP contribution in [0, 0.1) is 12.7 Å². The minimum atomic E-state index is -0.393. The van der Waals surface area contributed by atoms with Gasteiger partial charge >= 0.3 is 0 Å². The summed E-state index contributed by atoms with van der Waals surface area (Å²) in [6.45, 7) is 2.03. The number of hydrogen-bond donors (Lipinski definition) is 0. The van der Waals surface area contributed by atoms with Crippen LogP contribution >= 0.6 is 11.6 Å². The highest BCUT2D eigenvalue weighted by Gasteiger charge is 2.11. The van der Waals surface area contributed by atoms with Crippen molar-refractivity contribution in [3.05, 3.63) is 71.3 Å². The molecule has 2 aromatic carbocycles. The lowest BCUT2D eigenvalue weighted by molar-refractivity contribution is 0.611. The van der Waals surface area contributed by atoms with Crippen LogP contribution in [0.25, 0.3) is 16.8 Å². The second kappa shape index (κ2) is 5.10. The van der Waals surface area contributed by atoms with Crippen molar-refractivity contribution in [2.24, 2.45) is 0 Å². The van der Waals surface area contributed by atoms with Crippen molar-refractivity contribution in [2.75, 3.05) is 0 Å². The average molecular weight is 287 g/mol. The van der Waals surface area contributed by atoms with Gasteiger partial charge in [-0.1, -0.05) is 47.5 Å². The smallest absolute Gasteiger partial charge is 0.150 e. The molecular formula is C16H12ClFN2. The molecule has 3 aromatic rings. The Morgan fingerprint density at radius 2 is 1.80 bits per heavy atom. The molecular weight excluding hydrogens is 275 g/mol. The first-order valence-corrected chi connectivity index (χ1v) is 6.59. The molecule has 0 saturated heterocycles. The van der Waals surface area contributed by atoms with E-state index < -0.39 is 5.82 Å². The number of hydrogen-bond acceptors (Lipinski definition) is 1. The molecule has 100 valence electrons. The van der Waals surface area contributed by atoms with E-state index in [9.17, 15) is 4.39 Å². The fourth-order valence-corrected chi connectivity index (χ4v) is 2.30. The van der Waals surface area contributed by atoms with E-state index in [0.29, 0.717) is 5.02 Å². The van der Waals surface area contributed by atoms with Crippen molar-refractivity contribution >= 4 is 11.6 Å². The molecule has 0 amide bonds. The predicted octanol–water partition coefficient (Wildman–Crippen LogP) is 4.64. The molecule has 0 bridgehead atoms. The van der Waals surface area contributed by atoms with Gasteiger partial charge in [-0.3, -0.25) is 0 Å². The van der Waals surface area contributed by atoms with Crippen LogP contribution < -0.4 is 0 Å². The van der Waals surface area contributed by atoms with Gasteiger partial charge in [-0.15, -0.1) is 0 Å². The molecule has 0 saturated carbocycles. The van der Waals surface area contributed by atoms with Gasteiger partial charge in [0.05, 0.1) is 11.2 Å². The van der Waals surface area contributed by atoms with Gasteiger partial charge in [0.15, 0.2) is 0 Å². The Bertz CT molecular complexity index is 727. The summed E-state index contributed by atoms with van der Waals surface area (Å²) in [4.78, 5) is 0. The Morgan fingerprint density at radius 3 is 2.50 bits per heavy atom. The minimum absolute atomic E-state index is 0.271. The van der Waals surface area contributed by atoms with E-state index in [1.54, 1.807) is 24.5 Å². The fourth-order valence-electron chi connectivity index (χ4n) is 2.05. The van der Waals surface area contributed by atoms with Crippen molar-refractivity contribution in [3.8, 4) is 16.8 Å². The Balaban J connectivity index is 2.04. The van der Waals surface area contributed by atoms with E-state index in [0.717, 1.165) is 11.1 Å². The second-order valence-corrected chi connectivity index (χ2v) is 5.02. The lowest BCUT2D eigenvalue weighted by Crippen LogP contribution is -1.98. The molecule has 2 nitrogen and oxygen atoms in total. The maximum atomic E-state index is 13.9. The molecule has 0 aliphatic carbocycles. The van der Waals surface area contributed by atoms with Gasteiger partial charge in [-0.25, -0.2) is 9.07 Å². The SMILES string of the molecule is Cc1ccc(-c2cnn(-c3c(F)cccc3Cl)c2)cc1. The van der Waals surface area contributed by atoms with Crippen LogP contribution in [0.3, 0.4) is 0 Å². The topological polar surface area (TPSA) is 17.8 Å². The molecule has 0 N–H and O–H groups in total. The van der Waals surface area contributed by atoms with Crippen LogP contribution in [-0.4, -0.2) is 9.78 Å². The van der Waals surface area contributed by atoms with Gasteiger partial charge in [0.2, 0.25) is 0 Å². The molecule has 0 radical (unpaired) electrons. The molecule has 0 unspecified atom stereocenters. The van der Waals surface area contributed by atoms with E-state index in [-0.39, 0.29) is 5.69 Å². The second-order valence-electron chi connectivity index (χ2n) is 4.61. The van der Waals surface area contributed by atoms with Gasteiger partial charge in [0, 0.05) is 11.8 Å². The zero-order valence-corrected chi connectivity index (χ0v) is 11.6. The van der Waals surface area contributed by atoms with Crippen molar-refractivity contribution in [1.82, 2.24) is 9.78 Å². The molecule has 3 rings (SSSR count). The van der Waals surface area contributed by atoms with E-state index >= 15 is 0 Å². The quantitative estimate of drug-likeness (QED) is 0.671. The van der Waals surface area contributed by atoms with Crippen molar-refractivity contribution in [3.63, 3.8) is 0 Å². The van der Waals surface area contributed by atoms with Crippen LogP contribution in [0.2, 0.25) is 5.02 Å². The highest BCUT2D eigenvalue weighted by atomic mass is 35.5. The van der Waals surface area contributed by atoms with Crippen LogP contribution in [0.1, 0.15) is 5.56 Å².